The number of nitrogens with one attached hydrogen (secondary N) is 1. The summed E-state index contributed by atoms with van der Waals surface area (Å²) in [4.78, 5) is 28.8. The van der Waals surface area contributed by atoms with Gasteiger partial charge in [-0.3, -0.25) is 9.59 Å². The van der Waals surface area contributed by atoms with E-state index in [0.717, 1.165) is 16.8 Å². The minimum atomic E-state index is -0.250. The molecular weight excluding hydrogens is 308 g/mol. The summed E-state index contributed by atoms with van der Waals surface area (Å²) in [6.07, 6.45) is 7.29. The lowest BCUT2D eigenvalue weighted by atomic mass is 9.82. The highest BCUT2D eigenvalue weighted by atomic mass is 32.1. The summed E-state index contributed by atoms with van der Waals surface area (Å²) >= 11 is 1.39. The molecule has 0 bridgehead atoms. The van der Waals surface area contributed by atoms with Crippen LogP contribution in [-0.4, -0.2) is 17.5 Å². The molecule has 2 amide bonds. The Bertz CT molecular complexity index is 794. The Morgan fingerprint density at radius 3 is 2.78 bits per heavy atom. The Balaban J connectivity index is 1.88. The van der Waals surface area contributed by atoms with E-state index in [1.54, 1.807) is 12.2 Å². The average Bonchev–Trinajstić information content (AvgIpc) is 2.92. The van der Waals surface area contributed by atoms with Crippen LogP contribution in [0.15, 0.2) is 52.0 Å². The maximum absolute atomic E-state index is 12.2. The van der Waals surface area contributed by atoms with Crippen LogP contribution in [0.4, 0.5) is 0 Å². The highest BCUT2D eigenvalue weighted by Gasteiger charge is 2.27. The van der Waals surface area contributed by atoms with Gasteiger partial charge in [-0.05, 0) is 47.6 Å². The van der Waals surface area contributed by atoms with Crippen LogP contribution >= 0.6 is 11.3 Å². The number of carbonyl (C=O) groups excluding carboxylic acids is 2. The second-order valence-corrected chi connectivity index (χ2v) is 6.97. The summed E-state index contributed by atoms with van der Waals surface area (Å²) in [5.74, 6) is -0.0232. The quantitative estimate of drug-likeness (QED) is 0.905. The molecule has 23 heavy (non-hydrogen) atoms. The topological polar surface area (TPSA) is 58.5 Å². The van der Waals surface area contributed by atoms with E-state index in [4.69, 9.17) is 0 Å². The zero-order valence-electron chi connectivity index (χ0n) is 13.3. The Hall–Kier alpha value is -2.27. The minimum Gasteiger partial charge on any atom is -0.325 e. The third-order valence-electron chi connectivity index (χ3n) is 3.86. The van der Waals surface area contributed by atoms with Gasteiger partial charge in [0.1, 0.15) is 0 Å². The van der Waals surface area contributed by atoms with Gasteiger partial charge in [-0.25, -0.2) is 4.99 Å². The van der Waals surface area contributed by atoms with Gasteiger partial charge in [-0.1, -0.05) is 19.9 Å². The lowest BCUT2D eigenvalue weighted by Crippen LogP contribution is -2.34. The molecule has 0 radical (unpaired) electrons. The van der Waals surface area contributed by atoms with Crippen LogP contribution < -0.4 is 5.32 Å². The molecule has 1 aliphatic heterocycles. The molecule has 0 spiro atoms. The molecular formula is C18H18N2O2S. The van der Waals surface area contributed by atoms with Crippen molar-refractivity contribution in [2.45, 2.75) is 20.8 Å². The molecule has 118 valence electrons. The van der Waals surface area contributed by atoms with Crippen LogP contribution in [0.2, 0.25) is 0 Å². The maximum Gasteiger partial charge on any atom is 0.287 e. The number of rotatable bonds is 2. The molecule has 1 atom stereocenters. The van der Waals surface area contributed by atoms with Gasteiger partial charge in [-0.2, -0.15) is 0 Å². The highest BCUT2D eigenvalue weighted by molar-refractivity contribution is 7.12. The Labute approximate surface area is 139 Å². The molecule has 2 aliphatic rings. The Kier molecular flexibility index (Phi) is 4.13. The smallest absolute Gasteiger partial charge is 0.287 e. The van der Waals surface area contributed by atoms with Crippen molar-refractivity contribution < 1.29 is 9.59 Å². The van der Waals surface area contributed by atoms with Gasteiger partial charge < -0.3 is 5.32 Å². The van der Waals surface area contributed by atoms with Crippen molar-refractivity contribution in [3.8, 4) is 0 Å². The zero-order chi connectivity index (χ0) is 16.6. The average molecular weight is 326 g/mol. The summed E-state index contributed by atoms with van der Waals surface area (Å²) in [5.41, 5.74) is 3.49. The standard InChI is InChI=1S/C18H18N2O2S/c1-10(2)14-8-17(21)20-15-7-12(4-5-13(14)15)19-18(22)16-6-11(3)9-23-16/h4-10,13H,1-3H3,(H,20,21). The van der Waals surface area contributed by atoms with E-state index in [9.17, 15) is 9.59 Å². The summed E-state index contributed by atoms with van der Waals surface area (Å²) in [6, 6.07) is 1.83. The Morgan fingerprint density at radius 2 is 2.13 bits per heavy atom. The molecule has 2 heterocycles. The molecule has 0 aromatic carbocycles. The van der Waals surface area contributed by atoms with E-state index in [-0.39, 0.29) is 23.7 Å². The first-order valence-corrected chi connectivity index (χ1v) is 8.42. The lowest BCUT2D eigenvalue weighted by Gasteiger charge is -2.29. The van der Waals surface area contributed by atoms with Crippen LogP contribution in [0.3, 0.4) is 0 Å². The number of allylic oxidation sites excluding steroid dienone is 3. The van der Waals surface area contributed by atoms with Gasteiger partial charge in [0, 0.05) is 17.7 Å². The van der Waals surface area contributed by atoms with E-state index >= 15 is 0 Å². The molecule has 0 fully saturated rings. The molecule has 1 aromatic heterocycles. The van der Waals surface area contributed by atoms with E-state index < -0.39 is 0 Å². The van der Waals surface area contributed by atoms with E-state index in [1.807, 2.05) is 30.5 Å². The van der Waals surface area contributed by atoms with Gasteiger partial charge in [0.2, 0.25) is 5.91 Å². The van der Waals surface area contributed by atoms with Gasteiger partial charge in [0.15, 0.2) is 0 Å². The summed E-state index contributed by atoms with van der Waals surface area (Å²) in [7, 11) is 0. The van der Waals surface area contributed by atoms with Crippen LogP contribution in [0, 0.1) is 18.8 Å². The molecule has 0 saturated carbocycles. The molecule has 4 nitrogen and oxygen atoms in total. The van der Waals surface area contributed by atoms with Crippen molar-refractivity contribution in [1.82, 2.24) is 5.32 Å². The molecule has 0 saturated heterocycles. The molecule has 1 unspecified atom stereocenters. The van der Waals surface area contributed by atoms with Crippen molar-refractivity contribution in [3.05, 3.63) is 57.5 Å². The predicted octanol–water partition coefficient (Wildman–Crippen LogP) is 3.42. The largest absolute Gasteiger partial charge is 0.325 e. The molecule has 1 N–H and O–H groups in total. The maximum atomic E-state index is 12.2. The summed E-state index contributed by atoms with van der Waals surface area (Å²) in [5, 5.41) is 4.79. The zero-order valence-corrected chi connectivity index (χ0v) is 14.1. The highest BCUT2D eigenvalue weighted by Crippen LogP contribution is 2.31. The lowest BCUT2D eigenvalue weighted by molar-refractivity contribution is -0.116. The molecule has 1 aromatic rings. The van der Waals surface area contributed by atoms with Crippen molar-refractivity contribution >= 4 is 28.9 Å². The number of amides is 2. The number of thiophene rings is 1. The number of hydrogen-bond acceptors (Lipinski definition) is 3. The van der Waals surface area contributed by atoms with Gasteiger partial charge >= 0.3 is 0 Å². The van der Waals surface area contributed by atoms with E-state index in [2.05, 4.69) is 24.2 Å². The summed E-state index contributed by atoms with van der Waals surface area (Å²) < 4.78 is 0. The minimum absolute atomic E-state index is 0.0609. The van der Waals surface area contributed by atoms with Crippen molar-refractivity contribution in [2.75, 3.05) is 0 Å². The first-order valence-electron chi connectivity index (χ1n) is 7.54. The second-order valence-electron chi connectivity index (χ2n) is 6.05. The van der Waals surface area contributed by atoms with E-state index in [1.165, 1.54) is 11.3 Å². The third-order valence-corrected chi connectivity index (χ3v) is 4.90. The molecule has 1 aliphatic carbocycles. The van der Waals surface area contributed by atoms with Crippen LogP contribution in [0.25, 0.3) is 0 Å². The van der Waals surface area contributed by atoms with E-state index in [0.29, 0.717) is 10.6 Å². The number of fused-ring (bicyclic) bond motifs is 1. The fourth-order valence-electron chi connectivity index (χ4n) is 2.73. The monoisotopic (exact) mass is 326 g/mol. The summed E-state index contributed by atoms with van der Waals surface area (Å²) in [6.45, 7) is 6.09. The van der Waals surface area contributed by atoms with Gasteiger partial charge in [0.25, 0.3) is 5.91 Å². The number of carbonyl (C=O) groups is 2. The fraction of sp³-hybridized carbons (Fsp3) is 0.278. The number of hydrogen-bond donors (Lipinski definition) is 1. The first-order chi connectivity index (χ1) is 10.9. The second kappa shape index (κ2) is 6.08. The first kappa shape index (κ1) is 15.6. The SMILES string of the molecule is Cc1csc(C(=O)N=C2C=CC3C(=C2)NC(=O)C=C3C(C)C)c1. The third kappa shape index (κ3) is 3.24. The number of aliphatic imine (C=N–C) groups is 1. The number of nitrogens with zero attached hydrogens (tertiary/aromatic N) is 1. The number of aryl methyl sites for hydroxylation is 1. The van der Waals surface area contributed by atoms with Crippen LogP contribution in [0.1, 0.15) is 29.1 Å². The van der Waals surface area contributed by atoms with Crippen molar-refractivity contribution in [3.63, 3.8) is 0 Å². The van der Waals surface area contributed by atoms with Crippen LogP contribution in [-0.2, 0) is 4.79 Å². The van der Waals surface area contributed by atoms with Gasteiger partial charge in [0.05, 0.1) is 10.6 Å². The van der Waals surface area contributed by atoms with Crippen molar-refractivity contribution in [2.24, 2.45) is 16.8 Å². The molecule has 3 rings (SSSR count). The fourth-order valence-corrected chi connectivity index (χ4v) is 3.51. The Morgan fingerprint density at radius 1 is 1.35 bits per heavy atom. The van der Waals surface area contributed by atoms with Crippen LogP contribution in [0.5, 0.6) is 0 Å². The normalized spacial score (nSPS) is 21.8. The van der Waals surface area contributed by atoms with Gasteiger partial charge in [-0.15, -0.1) is 11.3 Å². The predicted molar refractivity (Wildman–Crippen MR) is 92.6 cm³/mol. The molecule has 5 heteroatoms. The van der Waals surface area contributed by atoms with Crippen molar-refractivity contribution in [1.29, 1.82) is 0 Å².